The van der Waals surface area contributed by atoms with Crippen LogP contribution in [0.5, 0.6) is 11.5 Å². The summed E-state index contributed by atoms with van der Waals surface area (Å²) in [6.45, 7) is 5.95. The summed E-state index contributed by atoms with van der Waals surface area (Å²) in [5, 5.41) is 12.9. The van der Waals surface area contributed by atoms with Gasteiger partial charge in [0, 0.05) is 48.1 Å². The molecule has 0 radical (unpaired) electrons. The van der Waals surface area contributed by atoms with Crippen molar-refractivity contribution in [2.24, 2.45) is 0 Å². The van der Waals surface area contributed by atoms with Crippen molar-refractivity contribution in [2.45, 2.75) is 38.9 Å². The van der Waals surface area contributed by atoms with E-state index in [1.54, 1.807) is 83.9 Å². The number of benzene rings is 2. The van der Waals surface area contributed by atoms with E-state index in [0.29, 0.717) is 39.8 Å². The highest BCUT2D eigenvalue weighted by molar-refractivity contribution is 5.99. The van der Waals surface area contributed by atoms with Crippen LogP contribution in [0.25, 0.3) is 5.69 Å². The Balaban J connectivity index is 1.25. The second-order valence-electron chi connectivity index (χ2n) is 11.3. The average molecular weight is 630 g/mol. The van der Waals surface area contributed by atoms with Crippen molar-refractivity contribution in [2.75, 3.05) is 10.6 Å². The van der Waals surface area contributed by atoms with Crippen LogP contribution >= 0.6 is 0 Å². The van der Waals surface area contributed by atoms with E-state index in [1.165, 1.54) is 6.07 Å². The molecule has 0 fully saturated rings. The molecule has 5 rings (SSSR count). The molecule has 0 unspecified atom stereocenters. The number of nitrogens with one attached hydrogen (secondary N) is 3. The number of hydrogen-bond acceptors (Lipinski definition) is 6. The Labute approximate surface area is 262 Å². The molecule has 46 heavy (non-hydrogen) atoms. The van der Waals surface area contributed by atoms with Crippen LogP contribution in [-0.2, 0) is 18.1 Å². The number of carbonyl (C=O) groups excluding carboxylic acids is 2. The standard InChI is InChI=1S/C33H30F3N7O3/c1-32(2,3)27-20-43(24-6-4-5-22(17-24)30(44)39-19-21-7-12-28(38-18-21)33(34,35)36)42-29(27)41-31(45)40-23-8-10-25(11-9-23)46-26-13-15-37-16-14-26/h4-18,20H,19H2,1-3H3,(H,39,44)(H2,40,41,42,45). The predicted octanol–water partition coefficient (Wildman–Crippen LogP) is 7.34. The second kappa shape index (κ2) is 13.1. The minimum Gasteiger partial charge on any atom is -0.457 e. The van der Waals surface area contributed by atoms with Crippen LogP contribution in [0, 0.1) is 0 Å². The van der Waals surface area contributed by atoms with Crippen molar-refractivity contribution < 1.29 is 27.5 Å². The Morgan fingerprint density at radius 3 is 2.26 bits per heavy atom. The summed E-state index contributed by atoms with van der Waals surface area (Å²) in [5.74, 6) is 1.14. The zero-order valence-electron chi connectivity index (χ0n) is 25.1. The van der Waals surface area contributed by atoms with Gasteiger partial charge < -0.3 is 15.4 Å². The smallest absolute Gasteiger partial charge is 0.433 e. The second-order valence-corrected chi connectivity index (χ2v) is 11.3. The third kappa shape index (κ3) is 8.05. The molecule has 0 spiro atoms. The van der Waals surface area contributed by atoms with Gasteiger partial charge in [0.2, 0.25) is 0 Å². The lowest BCUT2D eigenvalue weighted by atomic mass is 9.89. The summed E-state index contributed by atoms with van der Waals surface area (Å²) < 4.78 is 45.7. The van der Waals surface area contributed by atoms with Crippen LogP contribution in [0.15, 0.2) is 97.6 Å². The van der Waals surface area contributed by atoms with Gasteiger partial charge in [0.15, 0.2) is 5.82 Å². The first-order valence-corrected chi connectivity index (χ1v) is 14.1. The molecule has 3 N–H and O–H groups in total. The van der Waals surface area contributed by atoms with Crippen LogP contribution in [0.3, 0.4) is 0 Å². The van der Waals surface area contributed by atoms with Gasteiger partial charge in [-0.25, -0.2) is 9.48 Å². The number of nitrogens with zero attached hydrogens (tertiary/aromatic N) is 4. The number of carbonyl (C=O) groups is 2. The van der Waals surface area contributed by atoms with Crippen LogP contribution in [0.2, 0.25) is 0 Å². The van der Waals surface area contributed by atoms with Gasteiger partial charge in [-0.1, -0.05) is 32.9 Å². The van der Waals surface area contributed by atoms with Gasteiger partial charge in [-0.15, -0.1) is 5.10 Å². The first kappa shape index (κ1) is 31.7. The van der Waals surface area contributed by atoms with Crippen molar-refractivity contribution >= 4 is 23.4 Å². The molecule has 0 aliphatic carbocycles. The fraction of sp³-hybridized carbons (Fsp3) is 0.182. The van der Waals surface area contributed by atoms with Gasteiger partial charge >= 0.3 is 12.2 Å². The number of ether oxygens (including phenoxy) is 1. The van der Waals surface area contributed by atoms with E-state index in [0.717, 1.165) is 17.8 Å². The van der Waals surface area contributed by atoms with Crippen LogP contribution < -0.4 is 20.7 Å². The summed E-state index contributed by atoms with van der Waals surface area (Å²) in [6.07, 6.45) is 1.58. The molecule has 236 valence electrons. The van der Waals surface area contributed by atoms with Gasteiger partial charge in [-0.2, -0.15) is 13.2 Å². The minimum absolute atomic E-state index is 0.00614. The fourth-order valence-electron chi connectivity index (χ4n) is 4.34. The SMILES string of the molecule is CC(C)(C)c1cn(-c2cccc(C(=O)NCc3ccc(C(F)(F)F)nc3)c2)nc1NC(=O)Nc1ccc(Oc2ccncc2)cc1. The number of pyridine rings is 2. The maximum absolute atomic E-state index is 13.0. The van der Waals surface area contributed by atoms with Crippen molar-refractivity contribution in [1.82, 2.24) is 25.1 Å². The van der Waals surface area contributed by atoms with Crippen molar-refractivity contribution in [3.63, 3.8) is 0 Å². The zero-order chi connectivity index (χ0) is 32.9. The quantitative estimate of drug-likeness (QED) is 0.165. The van der Waals surface area contributed by atoms with Gasteiger partial charge in [0.25, 0.3) is 5.91 Å². The van der Waals surface area contributed by atoms with Gasteiger partial charge in [-0.05, 0) is 71.6 Å². The summed E-state index contributed by atoms with van der Waals surface area (Å²) >= 11 is 0. The molecule has 0 atom stereocenters. The largest absolute Gasteiger partial charge is 0.457 e. The molecule has 10 nitrogen and oxygen atoms in total. The maximum Gasteiger partial charge on any atom is 0.433 e. The number of alkyl halides is 3. The summed E-state index contributed by atoms with van der Waals surface area (Å²) in [6, 6.07) is 18.7. The first-order valence-electron chi connectivity index (χ1n) is 14.1. The minimum atomic E-state index is -4.54. The summed E-state index contributed by atoms with van der Waals surface area (Å²) in [4.78, 5) is 33.2. The highest BCUT2D eigenvalue weighted by Gasteiger charge is 2.32. The predicted molar refractivity (Wildman–Crippen MR) is 166 cm³/mol. The Morgan fingerprint density at radius 1 is 0.891 bits per heavy atom. The van der Waals surface area contributed by atoms with Crippen LogP contribution in [-0.4, -0.2) is 31.7 Å². The fourth-order valence-corrected chi connectivity index (χ4v) is 4.34. The van der Waals surface area contributed by atoms with Gasteiger partial charge in [0.05, 0.1) is 5.69 Å². The molecule has 0 aliphatic heterocycles. The maximum atomic E-state index is 13.0. The van der Waals surface area contributed by atoms with Gasteiger partial charge in [0.1, 0.15) is 17.2 Å². The van der Waals surface area contributed by atoms with E-state index in [9.17, 15) is 22.8 Å². The molecule has 0 aliphatic rings. The molecule has 5 aromatic rings. The van der Waals surface area contributed by atoms with Crippen molar-refractivity contribution in [3.05, 3.63) is 120 Å². The molecular weight excluding hydrogens is 599 g/mol. The lowest BCUT2D eigenvalue weighted by Gasteiger charge is -2.18. The molecule has 3 amide bonds. The summed E-state index contributed by atoms with van der Waals surface area (Å²) in [7, 11) is 0. The lowest BCUT2D eigenvalue weighted by molar-refractivity contribution is -0.141. The molecule has 0 saturated carbocycles. The van der Waals surface area contributed by atoms with E-state index < -0.39 is 29.2 Å². The number of amides is 3. The van der Waals surface area contributed by atoms with E-state index >= 15 is 0 Å². The number of halogens is 3. The number of anilines is 2. The number of aromatic nitrogens is 4. The molecule has 3 aromatic heterocycles. The molecule has 2 aromatic carbocycles. The third-order valence-electron chi connectivity index (χ3n) is 6.69. The Hall–Kier alpha value is -5.72. The van der Waals surface area contributed by atoms with Crippen LogP contribution in [0.1, 0.15) is 48.0 Å². The van der Waals surface area contributed by atoms with E-state index in [2.05, 4.69) is 31.0 Å². The normalized spacial score (nSPS) is 11.5. The van der Waals surface area contributed by atoms with E-state index in [-0.39, 0.29) is 6.54 Å². The van der Waals surface area contributed by atoms with Crippen molar-refractivity contribution in [3.8, 4) is 17.2 Å². The molecule has 0 saturated heterocycles. The van der Waals surface area contributed by atoms with Gasteiger partial charge in [-0.3, -0.25) is 20.1 Å². The van der Waals surface area contributed by atoms with E-state index in [1.807, 2.05) is 20.8 Å². The number of hydrogen-bond donors (Lipinski definition) is 3. The van der Waals surface area contributed by atoms with Crippen LogP contribution in [0.4, 0.5) is 29.5 Å². The average Bonchev–Trinajstić information content (AvgIpc) is 3.46. The highest BCUT2D eigenvalue weighted by atomic mass is 19.4. The number of rotatable bonds is 8. The first-order chi connectivity index (χ1) is 21.8. The van der Waals surface area contributed by atoms with Crippen molar-refractivity contribution in [1.29, 1.82) is 0 Å². The molecule has 0 bridgehead atoms. The highest BCUT2D eigenvalue weighted by Crippen LogP contribution is 2.31. The molecule has 13 heteroatoms. The monoisotopic (exact) mass is 629 g/mol. The number of urea groups is 1. The Kier molecular flexibility index (Phi) is 9.03. The zero-order valence-corrected chi connectivity index (χ0v) is 25.1. The Morgan fingerprint density at radius 2 is 1.61 bits per heavy atom. The third-order valence-corrected chi connectivity index (χ3v) is 6.69. The summed E-state index contributed by atoms with van der Waals surface area (Å²) in [5.41, 5.74) is 1.20. The Bertz CT molecular complexity index is 1820. The lowest BCUT2D eigenvalue weighted by Crippen LogP contribution is -2.23. The molecular formula is C33H30F3N7O3. The topological polar surface area (TPSA) is 123 Å². The molecule has 3 heterocycles. The van der Waals surface area contributed by atoms with E-state index in [4.69, 9.17) is 4.74 Å².